The average molecular weight is 426 g/mol. The molecule has 160 valence electrons. The Morgan fingerprint density at radius 3 is 2.19 bits per heavy atom. The number of hydrogen-bond acceptors (Lipinski definition) is 6. The van der Waals surface area contributed by atoms with Crippen LogP contribution in [0.25, 0.3) is 11.4 Å². The van der Waals surface area contributed by atoms with Crippen LogP contribution in [0, 0.1) is 0 Å². The number of carbonyl (C=O) groups is 2. The predicted molar refractivity (Wildman–Crippen MR) is 119 cm³/mol. The minimum atomic E-state index is -0.255. The summed E-state index contributed by atoms with van der Waals surface area (Å²) in [6, 6.07) is 26.6. The molecule has 0 spiro atoms. The molecule has 0 aliphatic rings. The monoisotopic (exact) mass is 426 g/mol. The molecule has 32 heavy (non-hydrogen) atoms. The number of nitrogens with zero attached hydrogens (tertiary/aromatic N) is 4. The Hall–Kier alpha value is -4.13. The Kier molecular flexibility index (Phi) is 6.77. The highest BCUT2D eigenvalue weighted by Crippen LogP contribution is 2.15. The van der Waals surface area contributed by atoms with Crippen LogP contribution < -0.4 is 4.74 Å². The van der Waals surface area contributed by atoms with Crippen molar-refractivity contribution < 1.29 is 14.3 Å². The van der Waals surface area contributed by atoms with Crippen molar-refractivity contribution in [1.82, 2.24) is 20.2 Å². The first-order chi connectivity index (χ1) is 15.7. The van der Waals surface area contributed by atoms with E-state index in [-0.39, 0.29) is 31.0 Å². The Labute approximate surface area is 185 Å². The van der Waals surface area contributed by atoms with Crippen LogP contribution in [0.3, 0.4) is 0 Å². The van der Waals surface area contributed by atoms with Crippen molar-refractivity contribution in [2.45, 2.75) is 26.0 Å². The van der Waals surface area contributed by atoms with Crippen LogP contribution in [0.5, 0.6) is 5.75 Å². The molecular formula is C25H22N4O3. The normalized spacial score (nSPS) is 10.6. The maximum absolute atomic E-state index is 12.3. The molecule has 1 aromatic heterocycles. The third-order valence-corrected chi connectivity index (χ3v) is 4.77. The summed E-state index contributed by atoms with van der Waals surface area (Å²) in [5.41, 5.74) is 2.74. The standard InChI is InChI=1S/C25H22N4O3/c30-22(15-19-11-13-24(14-12-19)32-18-20-7-3-1-4-8-20)16-23(31)17-29-27-25(26-28-29)21-9-5-2-6-10-21/h1-14H,15-18H2. The van der Waals surface area contributed by atoms with Gasteiger partial charge < -0.3 is 4.74 Å². The lowest BCUT2D eigenvalue weighted by atomic mass is 10.1. The van der Waals surface area contributed by atoms with Gasteiger partial charge in [-0.3, -0.25) is 9.59 Å². The lowest BCUT2D eigenvalue weighted by molar-refractivity contribution is -0.127. The van der Waals surface area contributed by atoms with Crippen LogP contribution in [-0.4, -0.2) is 31.8 Å². The van der Waals surface area contributed by atoms with Gasteiger partial charge in [0.05, 0.1) is 6.42 Å². The van der Waals surface area contributed by atoms with Crippen LogP contribution in [0.1, 0.15) is 17.5 Å². The zero-order valence-corrected chi connectivity index (χ0v) is 17.4. The number of ether oxygens (including phenoxy) is 1. The van der Waals surface area contributed by atoms with Gasteiger partial charge in [-0.05, 0) is 28.5 Å². The van der Waals surface area contributed by atoms with Crippen LogP contribution in [0.15, 0.2) is 84.9 Å². The minimum Gasteiger partial charge on any atom is -0.489 e. The van der Waals surface area contributed by atoms with Crippen LogP contribution in [0.4, 0.5) is 0 Å². The number of ketones is 2. The van der Waals surface area contributed by atoms with Gasteiger partial charge in [0.25, 0.3) is 0 Å². The Bertz CT molecular complexity index is 1170. The smallest absolute Gasteiger partial charge is 0.204 e. The fraction of sp³-hybridized carbons (Fsp3) is 0.160. The second-order valence-electron chi connectivity index (χ2n) is 7.36. The number of Topliss-reactive ketones (excluding diaryl/α,β-unsaturated/α-hetero) is 2. The summed E-state index contributed by atoms with van der Waals surface area (Å²) in [5, 5.41) is 12.1. The summed E-state index contributed by atoms with van der Waals surface area (Å²) >= 11 is 0. The zero-order valence-electron chi connectivity index (χ0n) is 17.4. The van der Waals surface area contributed by atoms with Gasteiger partial charge in [0.1, 0.15) is 24.7 Å². The molecule has 1 heterocycles. The first-order valence-electron chi connectivity index (χ1n) is 10.3. The van der Waals surface area contributed by atoms with Gasteiger partial charge in [-0.15, -0.1) is 10.2 Å². The molecule has 0 unspecified atom stereocenters. The molecule has 7 nitrogen and oxygen atoms in total. The molecule has 0 radical (unpaired) electrons. The van der Waals surface area contributed by atoms with Gasteiger partial charge in [-0.1, -0.05) is 72.8 Å². The largest absolute Gasteiger partial charge is 0.489 e. The maximum atomic E-state index is 12.3. The van der Waals surface area contributed by atoms with Gasteiger partial charge in [0.15, 0.2) is 5.78 Å². The van der Waals surface area contributed by atoms with Gasteiger partial charge in [-0.2, -0.15) is 4.80 Å². The van der Waals surface area contributed by atoms with Crippen molar-refractivity contribution in [2.75, 3.05) is 0 Å². The summed E-state index contributed by atoms with van der Waals surface area (Å²) in [6.45, 7) is 0.397. The molecule has 0 atom stereocenters. The second kappa shape index (κ2) is 10.3. The zero-order chi connectivity index (χ0) is 22.2. The van der Waals surface area contributed by atoms with Gasteiger partial charge in [0.2, 0.25) is 5.82 Å². The van der Waals surface area contributed by atoms with Crippen LogP contribution in [-0.2, 0) is 29.2 Å². The third kappa shape index (κ3) is 5.95. The van der Waals surface area contributed by atoms with Crippen molar-refractivity contribution in [1.29, 1.82) is 0 Å². The lowest BCUT2D eigenvalue weighted by Gasteiger charge is -2.07. The molecule has 0 amide bonds. The quantitative estimate of drug-likeness (QED) is 0.360. The van der Waals surface area contributed by atoms with E-state index in [9.17, 15) is 9.59 Å². The summed E-state index contributed by atoms with van der Waals surface area (Å²) in [4.78, 5) is 25.8. The van der Waals surface area contributed by atoms with E-state index in [1.165, 1.54) is 4.80 Å². The van der Waals surface area contributed by atoms with Crippen molar-refractivity contribution in [3.63, 3.8) is 0 Å². The first kappa shape index (κ1) is 21.1. The number of carbonyl (C=O) groups excluding carboxylic acids is 2. The Balaban J connectivity index is 1.24. The van der Waals surface area contributed by atoms with E-state index in [2.05, 4.69) is 15.4 Å². The molecule has 0 bridgehead atoms. The number of benzene rings is 3. The highest BCUT2D eigenvalue weighted by Gasteiger charge is 2.14. The average Bonchev–Trinajstić information content (AvgIpc) is 3.28. The molecule has 4 aromatic rings. The molecule has 0 aliphatic carbocycles. The number of tetrazole rings is 1. The summed E-state index contributed by atoms with van der Waals surface area (Å²) in [7, 11) is 0. The molecule has 0 fully saturated rings. The van der Waals surface area contributed by atoms with Crippen LogP contribution >= 0.6 is 0 Å². The van der Waals surface area contributed by atoms with E-state index < -0.39 is 0 Å². The van der Waals surface area contributed by atoms with Crippen molar-refractivity contribution in [3.05, 3.63) is 96.1 Å². The topological polar surface area (TPSA) is 87.0 Å². The van der Waals surface area contributed by atoms with Crippen molar-refractivity contribution >= 4 is 11.6 Å². The number of hydrogen-bond donors (Lipinski definition) is 0. The second-order valence-corrected chi connectivity index (χ2v) is 7.36. The third-order valence-electron chi connectivity index (χ3n) is 4.77. The highest BCUT2D eigenvalue weighted by molar-refractivity contribution is 5.99. The van der Waals surface area contributed by atoms with Gasteiger partial charge in [0, 0.05) is 12.0 Å². The fourth-order valence-corrected chi connectivity index (χ4v) is 3.18. The van der Waals surface area contributed by atoms with Crippen molar-refractivity contribution in [2.24, 2.45) is 0 Å². The molecule has 0 N–H and O–H groups in total. The molecule has 3 aromatic carbocycles. The van der Waals surface area contributed by atoms with E-state index in [1.807, 2.05) is 84.9 Å². The van der Waals surface area contributed by atoms with Crippen molar-refractivity contribution in [3.8, 4) is 17.1 Å². The number of aromatic nitrogens is 4. The van der Waals surface area contributed by atoms with Gasteiger partial charge >= 0.3 is 0 Å². The molecule has 7 heteroatoms. The molecule has 0 saturated carbocycles. The molecule has 4 rings (SSSR count). The summed E-state index contributed by atoms with van der Waals surface area (Å²) in [6.07, 6.45) is 0.0131. The first-order valence-corrected chi connectivity index (χ1v) is 10.3. The fourth-order valence-electron chi connectivity index (χ4n) is 3.18. The number of rotatable bonds is 10. The Morgan fingerprint density at radius 2 is 1.47 bits per heavy atom. The van der Waals surface area contributed by atoms with E-state index in [0.717, 1.165) is 22.4 Å². The molecular weight excluding hydrogens is 404 g/mol. The summed E-state index contributed by atoms with van der Waals surface area (Å²) < 4.78 is 5.76. The van der Waals surface area contributed by atoms with Gasteiger partial charge in [-0.25, -0.2) is 0 Å². The lowest BCUT2D eigenvalue weighted by Crippen LogP contribution is -2.17. The van der Waals surface area contributed by atoms with E-state index in [0.29, 0.717) is 12.4 Å². The van der Waals surface area contributed by atoms with E-state index in [1.54, 1.807) is 0 Å². The maximum Gasteiger partial charge on any atom is 0.204 e. The highest BCUT2D eigenvalue weighted by atomic mass is 16.5. The molecule has 0 saturated heterocycles. The predicted octanol–water partition coefficient (Wildman–Crippen LogP) is 3.69. The van der Waals surface area contributed by atoms with E-state index >= 15 is 0 Å². The van der Waals surface area contributed by atoms with E-state index in [4.69, 9.17) is 4.74 Å². The molecule has 0 aliphatic heterocycles. The van der Waals surface area contributed by atoms with Crippen LogP contribution in [0.2, 0.25) is 0 Å². The SMILES string of the molecule is O=C(CC(=O)Cn1nnc(-c2ccccc2)n1)Cc1ccc(OCc2ccccc2)cc1. The summed E-state index contributed by atoms with van der Waals surface area (Å²) in [5.74, 6) is 0.762. The minimum absolute atomic E-state index is 0.0855. The Morgan fingerprint density at radius 1 is 0.781 bits per heavy atom.